The first-order valence-electron chi connectivity index (χ1n) is 11.9. The average molecular weight is 501 g/mol. The van der Waals surface area contributed by atoms with E-state index in [2.05, 4.69) is 24.3 Å². The van der Waals surface area contributed by atoms with E-state index >= 15 is 0 Å². The Morgan fingerprint density at radius 3 is 2.28 bits per heavy atom. The van der Waals surface area contributed by atoms with E-state index < -0.39 is 5.97 Å². The van der Waals surface area contributed by atoms with Gasteiger partial charge in [0.25, 0.3) is 5.56 Å². The van der Waals surface area contributed by atoms with Crippen LogP contribution >= 0.6 is 11.8 Å². The van der Waals surface area contributed by atoms with Gasteiger partial charge in [0.1, 0.15) is 5.75 Å². The summed E-state index contributed by atoms with van der Waals surface area (Å²) in [4.78, 5) is 24.2. The number of rotatable bonds is 12. The van der Waals surface area contributed by atoms with Crippen LogP contribution < -0.4 is 10.3 Å². The van der Waals surface area contributed by atoms with E-state index in [4.69, 9.17) is 14.9 Å². The summed E-state index contributed by atoms with van der Waals surface area (Å²) in [6, 6.07) is 31.5. The van der Waals surface area contributed by atoms with Gasteiger partial charge < -0.3 is 9.84 Å². The summed E-state index contributed by atoms with van der Waals surface area (Å²) in [5.41, 5.74) is 2.94. The smallest absolute Gasteiger partial charge is 0.303 e. The number of carboxylic acids is 1. The summed E-state index contributed by atoms with van der Waals surface area (Å²) >= 11 is 1.62. The van der Waals surface area contributed by atoms with Crippen LogP contribution in [-0.4, -0.2) is 33.2 Å². The first-order valence-corrected chi connectivity index (χ1v) is 12.8. The second-order valence-electron chi connectivity index (χ2n) is 8.24. The number of hydrogen-bond acceptors (Lipinski definition) is 5. The van der Waals surface area contributed by atoms with Crippen molar-refractivity contribution in [3.05, 3.63) is 124 Å². The van der Waals surface area contributed by atoms with Gasteiger partial charge in [0.2, 0.25) is 0 Å². The van der Waals surface area contributed by atoms with Crippen LogP contribution in [0.25, 0.3) is 0 Å². The third kappa shape index (κ3) is 7.09. The molecule has 1 aromatic heterocycles. The predicted molar refractivity (Wildman–Crippen MR) is 142 cm³/mol. The molecule has 0 aliphatic rings. The number of aliphatic carboxylic acids is 1. The Morgan fingerprint density at radius 2 is 1.61 bits per heavy atom. The number of carbonyl (C=O) groups is 1. The highest BCUT2D eigenvalue weighted by atomic mass is 32.2. The lowest BCUT2D eigenvalue weighted by Gasteiger charge is -2.18. The Kier molecular flexibility index (Phi) is 8.94. The third-order valence-electron chi connectivity index (χ3n) is 5.63. The zero-order valence-electron chi connectivity index (χ0n) is 19.8. The van der Waals surface area contributed by atoms with Gasteiger partial charge in [0.05, 0.1) is 24.8 Å². The SMILES string of the molecule is O=C(O)CCCOc1cccc(SCCn2nc(C(c3ccccc3)c3ccccc3)ccc2=O)c1. The number of aromatic nitrogens is 2. The minimum absolute atomic E-state index is 0.0677. The number of carboxylic acid groups (broad SMARTS) is 1. The molecule has 4 rings (SSSR count). The largest absolute Gasteiger partial charge is 0.494 e. The van der Waals surface area contributed by atoms with E-state index in [0.717, 1.165) is 21.7 Å². The maximum atomic E-state index is 12.6. The van der Waals surface area contributed by atoms with Gasteiger partial charge >= 0.3 is 5.97 Å². The molecule has 0 saturated heterocycles. The number of hydrogen-bond donors (Lipinski definition) is 1. The number of benzene rings is 3. The molecule has 1 heterocycles. The van der Waals surface area contributed by atoms with Crippen LogP contribution in [0.15, 0.2) is 107 Å². The van der Waals surface area contributed by atoms with Crippen LogP contribution in [0.1, 0.15) is 35.6 Å². The highest BCUT2D eigenvalue weighted by Gasteiger charge is 2.19. The summed E-state index contributed by atoms with van der Waals surface area (Å²) in [6.07, 6.45) is 0.551. The molecule has 184 valence electrons. The standard InChI is InChI=1S/C29H28N2O4S/c32-27-17-16-26(29(22-9-3-1-4-10-22)23-11-5-2-6-12-23)30-31(27)18-20-36-25-14-7-13-24(21-25)35-19-8-15-28(33)34/h1-7,9-14,16-17,21,29H,8,15,18-20H2,(H,33,34). The van der Waals surface area contributed by atoms with Gasteiger partial charge in [-0.3, -0.25) is 9.59 Å². The molecule has 0 aliphatic heterocycles. The monoisotopic (exact) mass is 500 g/mol. The summed E-state index contributed by atoms with van der Waals surface area (Å²) in [7, 11) is 0. The molecule has 0 spiro atoms. The minimum atomic E-state index is -0.824. The van der Waals surface area contributed by atoms with Crippen molar-refractivity contribution >= 4 is 17.7 Å². The maximum Gasteiger partial charge on any atom is 0.303 e. The fourth-order valence-corrected chi connectivity index (χ4v) is 4.80. The molecule has 4 aromatic rings. The predicted octanol–water partition coefficient (Wildman–Crippen LogP) is 5.46. The lowest BCUT2D eigenvalue weighted by Crippen LogP contribution is -2.25. The van der Waals surface area contributed by atoms with Crippen molar-refractivity contribution in [1.82, 2.24) is 9.78 Å². The molecular weight excluding hydrogens is 472 g/mol. The summed E-state index contributed by atoms with van der Waals surface area (Å²) in [6.45, 7) is 0.827. The Hall–Kier alpha value is -3.84. The molecule has 0 amide bonds. The molecule has 0 bridgehead atoms. The first-order chi connectivity index (χ1) is 17.6. The molecule has 1 N–H and O–H groups in total. The van der Waals surface area contributed by atoms with Crippen molar-refractivity contribution in [2.45, 2.75) is 30.2 Å². The van der Waals surface area contributed by atoms with Gasteiger partial charge in [-0.2, -0.15) is 5.10 Å². The highest BCUT2D eigenvalue weighted by molar-refractivity contribution is 7.99. The normalized spacial score (nSPS) is 10.9. The van der Waals surface area contributed by atoms with Gasteiger partial charge in [0.15, 0.2) is 0 Å². The number of thioether (sulfide) groups is 1. The molecule has 0 saturated carbocycles. The summed E-state index contributed by atoms with van der Waals surface area (Å²) < 4.78 is 7.20. The third-order valence-corrected chi connectivity index (χ3v) is 6.60. The number of nitrogens with zero attached hydrogens (tertiary/aromatic N) is 2. The van der Waals surface area contributed by atoms with Crippen LogP contribution in [0.4, 0.5) is 0 Å². The second-order valence-corrected chi connectivity index (χ2v) is 9.41. The molecule has 0 radical (unpaired) electrons. The van der Waals surface area contributed by atoms with Crippen LogP contribution in [0.2, 0.25) is 0 Å². The van der Waals surface area contributed by atoms with Gasteiger partial charge in [-0.15, -0.1) is 11.8 Å². The molecule has 3 aromatic carbocycles. The minimum Gasteiger partial charge on any atom is -0.494 e. The summed E-state index contributed by atoms with van der Waals surface area (Å²) in [5.74, 6) is 0.480. The number of aryl methyl sites for hydroxylation is 1. The van der Waals surface area contributed by atoms with Crippen LogP contribution in [0, 0.1) is 0 Å². The fraction of sp³-hybridized carbons (Fsp3) is 0.207. The Morgan fingerprint density at radius 1 is 0.917 bits per heavy atom. The molecule has 0 atom stereocenters. The average Bonchev–Trinajstić information content (AvgIpc) is 2.90. The van der Waals surface area contributed by atoms with Gasteiger partial charge in [-0.05, 0) is 41.8 Å². The Balaban J connectivity index is 1.44. The quantitative estimate of drug-likeness (QED) is 0.206. The van der Waals surface area contributed by atoms with Gasteiger partial charge in [-0.1, -0.05) is 66.7 Å². The fourth-order valence-electron chi connectivity index (χ4n) is 3.92. The van der Waals surface area contributed by atoms with E-state index in [-0.39, 0.29) is 17.9 Å². The van der Waals surface area contributed by atoms with E-state index in [1.807, 2.05) is 66.7 Å². The second kappa shape index (κ2) is 12.7. The van der Waals surface area contributed by atoms with Crippen molar-refractivity contribution in [2.75, 3.05) is 12.4 Å². The number of ether oxygens (including phenoxy) is 1. The molecular formula is C29H28N2O4S. The zero-order chi connectivity index (χ0) is 25.2. The van der Waals surface area contributed by atoms with Crippen molar-refractivity contribution in [3.8, 4) is 5.75 Å². The van der Waals surface area contributed by atoms with Gasteiger partial charge in [-0.25, -0.2) is 4.68 Å². The van der Waals surface area contributed by atoms with Crippen molar-refractivity contribution in [1.29, 1.82) is 0 Å². The first kappa shape index (κ1) is 25.3. The molecule has 0 fully saturated rings. The summed E-state index contributed by atoms with van der Waals surface area (Å²) in [5, 5.41) is 13.5. The molecule has 6 nitrogen and oxygen atoms in total. The van der Waals surface area contributed by atoms with Crippen molar-refractivity contribution in [3.63, 3.8) is 0 Å². The zero-order valence-corrected chi connectivity index (χ0v) is 20.6. The van der Waals surface area contributed by atoms with E-state index in [9.17, 15) is 9.59 Å². The molecule has 36 heavy (non-hydrogen) atoms. The lowest BCUT2D eigenvalue weighted by molar-refractivity contribution is -0.137. The lowest BCUT2D eigenvalue weighted by atomic mass is 9.88. The van der Waals surface area contributed by atoms with Crippen LogP contribution in [-0.2, 0) is 11.3 Å². The topological polar surface area (TPSA) is 81.4 Å². The maximum absolute atomic E-state index is 12.6. The van der Waals surface area contributed by atoms with E-state index in [1.165, 1.54) is 4.68 Å². The van der Waals surface area contributed by atoms with Gasteiger partial charge in [0, 0.05) is 23.1 Å². The molecule has 7 heteroatoms. The Labute approximate surface area is 214 Å². The van der Waals surface area contributed by atoms with E-state index in [0.29, 0.717) is 31.1 Å². The van der Waals surface area contributed by atoms with Crippen molar-refractivity contribution in [2.24, 2.45) is 0 Å². The molecule has 0 unspecified atom stereocenters. The van der Waals surface area contributed by atoms with Crippen LogP contribution in [0.3, 0.4) is 0 Å². The van der Waals surface area contributed by atoms with Crippen LogP contribution in [0.5, 0.6) is 5.75 Å². The van der Waals surface area contributed by atoms with Crippen molar-refractivity contribution < 1.29 is 14.6 Å². The highest BCUT2D eigenvalue weighted by Crippen LogP contribution is 2.30. The van der Waals surface area contributed by atoms with E-state index in [1.54, 1.807) is 17.8 Å². The molecule has 0 aliphatic carbocycles. The Bertz CT molecular complexity index is 1290.